The normalized spacial score (nSPS) is 12.5. The maximum atomic E-state index is 11.8. The number of alkyl halides is 3. The van der Waals surface area contributed by atoms with Gasteiger partial charge in [0.25, 0.3) is 0 Å². The lowest BCUT2D eigenvalue weighted by Crippen LogP contribution is -2.30. The Morgan fingerprint density at radius 3 is 2.23 bits per heavy atom. The second-order valence-corrected chi connectivity index (χ2v) is 2.79. The first-order chi connectivity index (χ1) is 5.99. The van der Waals surface area contributed by atoms with Gasteiger partial charge in [-0.2, -0.15) is 13.2 Å². The summed E-state index contributed by atoms with van der Waals surface area (Å²) in [6.45, 7) is 3.56. The van der Waals surface area contributed by atoms with Crippen LogP contribution >= 0.6 is 0 Å². The Morgan fingerprint density at radius 1 is 1.23 bits per heavy atom. The van der Waals surface area contributed by atoms with Crippen LogP contribution in [0.1, 0.15) is 13.3 Å². The first-order valence-corrected chi connectivity index (χ1v) is 4.27. The van der Waals surface area contributed by atoms with Crippen molar-refractivity contribution in [2.24, 2.45) is 0 Å². The monoisotopic (exact) mass is 199 g/mol. The molecule has 0 atom stereocenters. The SMILES string of the molecule is CCN(CCOC)CCC(F)(F)F. The maximum Gasteiger partial charge on any atom is 0.390 e. The second-order valence-electron chi connectivity index (χ2n) is 2.79. The second kappa shape index (κ2) is 6.21. The summed E-state index contributed by atoms with van der Waals surface area (Å²) in [5, 5.41) is 0. The van der Waals surface area contributed by atoms with Gasteiger partial charge in [-0.15, -0.1) is 0 Å². The van der Waals surface area contributed by atoms with Gasteiger partial charge in [-0.3, -0.25) is 0 Å². The van der Waals surface area contributed by atoms with Gasteiger partial charge < -0.3 is 9.64 Å². The average Bonchev–Trinajstić information content (AvgIpc) is 2.03. The van der Waals surface area contributed by atoms with E-state index in [1.54, 1.807) is 4.90 Å². The molecule has 0 bridgehead atoms. The highest BCUT2D eigenvalue weighted by Gasteiger charge is 2.27. The fourth-order valence-electron chi connectivity index (χ4n) is 0.933. The molecule has 0 heterocycles. The molecule has 80 valence electrons. The van der Waals surface area contributed by atoms with Crippen LogP contribution < -0.4 is 0 Å². The van der Waals surface area contributed by atoms with Gasteiger partial charge in [0.05, 0.1) is 13.0 Å². The van der Waals surface area contributed by atoms with Gasteiger partial charge in [-0.25, -0.2) is 0 Å². The van der Waals surface area contributed by atoms with E-state index in [1.807, 2.05) is 6.92 Å². The van der Waals surface area contributed by atoms with E-state index in [9.17, 15) is 13.2 Å². The number of ether oxygens (including phenoxy) is 1. The summed E-state index contributed by atoms with van der Waals surface area (Å²) >= 11 is 0. The molecule has 0 unspecified atom stereocenters. The predicted molar refractivity (Wildman–Crippen MR) is 44.7 cm³/mol. The quantitative estimate of drug-likeness (QED) is 0.648. The summed E-state index contributed by atoms with van der Waals surface area (Å²) in [7, 11) is 1.54. The molecule has 0 radical (unpaired) electrons. The molecular formula is C8H16F3NO. The van der Waals surface area contributed by atoms with E-state index < -0.39 is 12.6 Å². The first-order valence-electron chi connectivity index (χ1n) is 4.27. The lowest BCUT2D eigenvalue weighted by atomic mass is 10.3. The molecule has 0 saturated carbocycles. The smallest absolute Gasteiger partial charge is 0.383 e. The minimum atomic E-state index is -4.06. The lowest BCUT2D eigenvalue weighted by Gasteiger charge is -2.20. The maximum absolute atomic E-state index is 11.8. The summed E-state index contributed by atoms with van der Waals surface area (Å²) in [5.74, 6) is 0. The molecular weight excluding hydrogens is 183 g/mol. The Hall–Kier alpha value is -0.290. The highest BCUT2D eigenvalue weighted by molar-refractivity contribution is 4.59. The molecule has 0 N–H and O–H groups in total. The third-order valence-electron chi connectivity index (χ3n) is 1.77. The van der Waals surface area contributed by atoms with Crippen LogP contribution in [0, 0.1) is 0 Å². The Labute approximate surface area is 76.7 Å². The van der Waals surface area contributed by atoms with Crippen molar-refractivity contribution in [2.45, 2.75) is 19.5 Å². The molecule has 0 amide bonds. The minimum Gasteiger partial charge on any atom is -0.383 e. The van der Waals surface area contributed by atoms with Crippen LogP contribution in [0.3, 0.4) is 0 Å². The Bertz CT molecular complexity index is 127. The Kier molecular flexibility index (Phi) is 6.07. The molecule has 0 aromatic rings. The van der Waals surface area contributed by atoms with Crippen molar-refractivity contribution in [3.63, 3.8) is 0 Å². The van der Waals surface area contributed by atoms with Crippen molar-refractivity contribution >= 4 is 0 Å². The average molecular weight is 199 g/mol. The van der Waals surface area contributed by atoms with Gasteiger partial charge in [0.15, 0.2) is 0 Å². The summed E-state index contributed by atoms with van der Waals surface area (Å²) in [6.07, 6.45) is -4.80. The van der Waals surface area contributed by atoms with Crippen molar-refractivity contribution < 1.29 is 17.9 Å². The number of nitrogens with zero attached hydrogens (tertiary/aromatic N) is 1. The van der Waals surface area contributed by atoms with Crippen molar-refractivity contribution in [1.29, 1.82) is 0 Å². The van der Waals surface area contributed by atoms with E-state index in [0.29, 0.717) is 19.7 Å². The number of methoxy groups -OCH3 is 1. The first kappa shape index (κ1) is 12.7. The third-order valence-corrected chi connectivity index (χ3v) is 1.77. The summed E-state index contributed by atoms with van der Waals surface area (Å²) in [6, 6.07) is 0. The van der Waals surface area contributed by atoms with E-state index in [2.05, 4.69) is 0 Å². The molecule has 13 heavy (non-hydrogen) atoms. The van der Waals surface area contributed by atoms with E-state index in [0.717, 1.165) is 0 Å². The van der Waals surface area contributed by atoms with Gasteiger partial charge in [-0.1, -0.05) is 6.92 Å². The zero-order valence-electron chi connectivity index (χ0n) is 8.02. The van der Waals surface area contributed by atoms with Gasteiger partial charge in [-0.05, 0) is 6.54 Å². The number of hydrogen-bond donors (Lipinski definition) is 0. The van der Waals surface area contributed by atoms with Crippen LogP contribution in [-0.2, 0) is 4.74 Å². The highest BCUT2D eigenvalue weighted by atomic mass is 19.4. The van der Waals surface area contributed by atoms with Crippen LogP contribution in [0.5, 0.6) is 0 Å². The van der Waals surface area contributed by atoms with Crippen molar-refractivity contribution in [2.75, 3.05) is 33.4 Å². The zero-order chi connectivity index (χ0) is 10.3. The van der Waals surface area contributed by atoms with Crippen LogP contribution in [0.4, 0.5) is 13.2 Å². The third kappa shape index (κ3) is 8.05. The standard InChI is InChI=1S/C8H16F3NO/c1-3-12(6-7-13-2)5-4-8(9,10)11/h3-7H2,1-2H3. The van der Waals surface area contributed by atoms with E-state index in [4.69, 9.17) is 4.74 Å². The summed E-state index contributed by atoms with van der Waals surface area (Å²) in [4.78, 5) is 1.72. The minimum absolute atomic E-state index is 0.0589. The molecule has 0 fully saturated rings. The molecule has 0 aromatic carbocycles. The molecule has 0 aromatic heterocycles. The van der Waals surface area contributed by atoms with Gasteiger partial charge in [0.1, 0.15) is 0 Å². The van der Waals surface area contributed by atoms with E-state index in [1.165, 1.54) is 7.11 Å². The van der Waals surface area contributed by atoms with E-state index in [-0.39, 0.29) is 6.54 Å². The molecule has 0 aliphatic rings. The number of hydrogen-bond acceptors (Lipinski definition) is 2. The van der Waals surface area contributed by atoms with Crippen LogP contribution in [0.25, 0.3) is 0 Å². The molecule has 2 nitrogen and oxygen atoms in total. The number of likely N-dealkylation sites (N-methyl/N-ethyl adjacent to an activating group) is 1. The largest absolute Gasteiger partial charge is 0.390 e. The summed E-state index contributed by atoms with van der Waals surface area (Å²) in [5.41, 5.74) is 0. The predicted octanol–water partition coefficient (Wildman–Crippen LogP) is 1.91. The molecule has 0 aliphatic heterocycles. The highest BCUT2D eigenvalue weighted by Crippen LogP contribution is 2.19. The Balaban J connectivity index is 3.59. The van der Waals surface area contributed by atoms with Crippen molar-refractivity contribution in [3.8, 4) is 0 Å². The lowest BCUT2D eigenvalue weighted by molar-refractivity contribution is -0.138. The fourth-order valence-corrected chi connectivity index (χ4v) is 0.933. The van der Waals surface area contributed by atoms with Crippen LogP contribution in [0.15, 0.2) is 0 Å². The number of rotatable bonds is 6. The van der Waals surface area contributed by atoms with Gasteiger partial charge in [0.2, 0.25) is 0 Å². The van der Waals surface area contributed by atoms with E-state index >= 15 is 0 Å². The van der Waals surface area contributed by atoms with Crippen LogP contribution in [0.2, 0.25) is 0 Å². The molecule has 5 heteroatoms. The molecule has 0 saturated heterocycles. The molecule has 0 spiro atoms. The van der Waals surface area contributed by atoms with Gasteiger partial charge >= 0.3 is 6.18 Å². The molecule has 0 aliphatic carbocycles. The van der Waals surface area contributed by atoms with Crippen molar-refractivity contribution in [1.82, 2.24) is 4.90 Å². The van der Waals surface area contributed by atoms with Crippen LogP contribution in [-0.4, -0.2) is 44.4 Å². The summed E-state index contributed by atoms with van der Waals surface area (Å²) < 4.78 is 40.2. The van der Waals surface area contributed by atoms with Crippen molar-refractivity contribution in [3.05, 3.63) is 0 Å². The Morgan fingerprint density at radius 2 is 1.85 bits per heavy atom. The topological polar surface area (TPSA) is 12.5 Å². The zero-order valence-corrected chi connectivity index (χ0v) is 8.02. The van der Waals surface area contributed by atoms with Gasteiger partial charge in [0, 0.05) is 20.2 Å². The molecule has 0 rings (SSSR count). The fraction of sp³-hybridized carbons (Fsp3) is 1.00. The number of halogens is 3.